The van der Waals surface area contributed by atoms with Crippen LogP contribution in [0, 0.1) is 0 Å². The van der Waals surface area contributed by atoms with Crippen LogP contribution in [-0.4, -0.2) is 21.9 Å². The first-order chi connectivity index (χ1) is 4.00. The molecule has 17 heavy (non-hydrogen) atoms. The topological polar surface area (TPSA) is 298 Å². The molecule has 0 aliphatic rings. The molecule has 0 heterocycles. The Kier molecular flexibility index (Phi) is 96.4. The molecule has 0 saturated heterocycles. The Labute approximate surface area is 127 Å². The van der Waals surface area contributed by atoms with Crippen molar-refractivity contribution in [1.29, 1.82) is 0 Å². The second-order valence-electron chi connectivity index (χ2n) is 0.894. The standard InChI is InChI=1S/3Mn.2H3O4P.4H2O/c;;;2*1-5(2,3)4;;;;/h;;;2*(H3,1,2,3,4);4*1H2/q3*+2;;;;;;/p-6. The molecule has 0 rings (SSSR count). The Bertz CT molecular complexity index is 132. The van der Waals surface area contributed by atoms with Gasteiger partial charge >= 0.3 is 51.2 Å². The number of rotatable bonds is 0. The van der Waals surface area contributed by atoms with E-state index >= 15 is 0 Å². The second-order valence-corrected chi connectivity index (χ2v) is 2.68. The maximum Gasteiger partial charge on any atom is 2.00 e. The molecule has 0 aliphatic heterocycles. The van der Waals surface area contributed by atoms with E-state index < -0.39 is 15.6 Å². The molecule has 0 aromatic carbocycles. The molecule has 0 aliphatic carbocycles. The summed E-state index contributed by atoms with van der Waals surface area (Å²) in [6.45, 7) is 0. The van der Waals surface area contributed by atoms with E-state index in [-0.39, 0.29) is 73.1 Å². The third-order valence-corrected chi connectivity index (χ3v) is 0. The summed E-state index contributed by atoms with van der Waals surface area (Å²) in [5, 5.41) is 0. The summed E-state index contributed by atoms with van der Waals surface area (Å²) in [4.78, 5) is 51.3. The summed E-state index contributed by atoms with van der Waals surface area (Å²) < 4.78 is 17.1. The van der Waals surface area contributed by atoms with E-state index in [0.29, 0.717) is 0 Å². The van der Waals surface area contributed by atoms with Crippen LogP contribution >= 0.6 is 15.6 Å². The van der Waals surface area contributed by atoms with E-state index in [0.717, 1.165) is 0 Å². The summed E-state index contributed by atoms with van der Waals surface area (Å²) in [6, 6.07) is 0. The molecule has 0 bridgehead atoms. The summed E-state index contributed by atoms with van der Waals surface area (Å²) in [6.07, 6.45) is 0. The number of phosphoric acid groups is 2. The van der Waals surface area contributed by atoms with Crippen LogP contribution in [0.25, 0.3) is 0 Å². The zero-order valence-corrected chi connectivity index (χ0v) is 12.6. The summed E-state index contributed by atoms with van der Waals surface area (Å²) in [5.74, 6) is 0. The van der Waals surface area contributed by atoms with Crippen molar-refractivity contribution in [2.45, 2.75) is 0 Å². The zero-order chi connectivity index (χ0) is 9.00. The molecular formula is H8Mn3O12P2. The van der Waals surface area contributed by atoms with Gasteiger partial charge in [0.05, 0.1) is 0 Å². The van der Waals surface area contributed by atoms with E-state index in [1.54, 1.807) is 0 Å². The van der Waals surface area contributed by atoms with Gasteiger partial charge in [0.2, 0.25) is 0 Å². The van der Waals surface area contributed by atoms with Crippen LogP contribution in [0.5, 0.6) is 0 Å². The predicted molar refractivity (Wildman–Crippen MR) is 29.7 cm³/mol. The molecule has 3 radical (unpaired) electrons. The van der Waals surface area contributed by atoms with Crippen molar-refractivity contribution < 1.29 is 112 Å². The van der Waals surface area contributed by atoms with E-state index in [2.05, 4.69) is 0 Å². The SMILES string of the molecule is O.O.O.O.O=P([O-])([O-])[O-].O=P([O-])([O-])[O-].[Mn+2].[Mn+2].[Mn+2]. The molecule has 0 saturated carbocycles. The van der Waals surface area contributed by atoms with Crippen LogP contribution in [-0.2, 0) is 60.3 Å². The van der Waals surface area contributed by atoms with E-state index in [4.69, 9.17) is 38.5 Å². The van der Waals surface area contributed by atoms with E-state index in [1.807, 2.05) is 0 Å². The third kappa shape index (κ3) is 1640. The Morgan fingerprint density at radius 1 is 0.471 bits per heavy atom. The molecule has 0 aromatic rings. The van der Waals surface area contributed by atoms with Crippen molar-refractivity contribution in [2.24, 2.45) is 0 Å². The van der Waals surface area contributed by atoms with Crippen molar-refractivity contribution in [3.05, 3.63) is 0 Å². The molecule has 0 spiro atoms. The normalized spacial score (nSPS) is 6.94. The van der Waals surface area contributed by atoms with Gasteiger partial charge in [0, 0.05) is 0 Å². The molecular weight excluding hydrogens is 419 g/mol. The van der Waals surface area contributed by atoms with Gasteiger partial charge in [-0.25, -0.2) is 0 Å². The van der Waals surface area contributed by atoms with Crippen molar-refractivity contribution in [2.75, 3.05) is 0 Å². The molecule has 12 nitrogen and oxygen atoms in total. The fraction of sp³-hybridized carbons (Fsp3) is 0. The first-order valence-corrected chi connectivity index (χ1v) is 4.38. The number of hydrogen-bond acceptors (Lipinski definition) is 8. The first-order valence-electron chi connectivity index (χ1n) is 1.46. The van der Waals surface area contributed by atoms with Gasteiger partial charge in [0.15, 0.2) is 0 Å². The van der Waals surface area contributed by atoms with Gasteiger partial charge in [-0.15, -0.1) is 0 Å². The maximum atomic E-state index is 8.55. The summed E-state index contributed by atoms with van der Waals surface area (Å²) >= 11 is 0. The minimum atomic E-state index is -5.39. The fourth-order valence-electron chi connectivity index (χ4n) is 0. The molecule has 17 heteroatoms. The van der Waals surface area contributed by atoms with Crippen molar-refractivity contribution in [3.63, 3.8) is 0 Å². The van der Waals surface area contributed by atoms with Gasteiger partial charge in [-0.3, -0.25) is 0 Å². The van der Waals surface area contributed by atoms with Crippen LogP contribution in [0.3, 0.4) is 0 Å². The molecule has 0 amide bonds. The van der Waals surface area contributed by atoms with Gasteiger partial charge in [-0.05, 0) is 0 Å². The fourth-order valence-corrected chi connectivity index (χ4v) is 0. The van der Waals surface area contributed by atoms with Crippen molar-refractivity contribution >= 4 is 15.6 Å². The van der Waals surface area contributed by atoms with Gasteiger partial charge in [-0.1, -0.05) is 0 Å². The van der Waals surface area contributed by atoms with E-state index in [1.165, 1.54) is 0 Å². The largest absolute Gasteiger partial charge is 2.00 e. The average Bonchev–Trinajstić information content (AvgIpc) is 1.12. The molecule has 0 aromatic heterocycles. The second kappa shape index (κ2) is 26.2. The Morgan fingerprint density at radius 3 is 0.471 bits per heavy atom. The third-order valence-electron chi connectivity index (χ3n) is 0. The Balaban J connectivity index is -0.00000000762. The maximum absolute atomic E-state index is 8.55. The minimum Gasteiger partial charge on any atom is -0.822 e. The van der Waals surface area contributed by atoms with Crippen molar-refractivity contribution in [3.8, 4) is 0 Å². The zero-order valence-electron chi connectivity index (χ0n) is 7.29. The monoisotopic (exact) mass is 427 g/mol. The van der Waals surface area contributed by atoms with Gasteiger partial charge in [0.25, 0.3) is 0 Å². The van der Waals surface area contributed by atoms with Gasteiger partial charge < -0.3 is 60.4 Å². The average molecular weight is 427 g/mol. The van der Waals surface area contributed by atoms with E-state index in [9.17, 15) is 0 Å². The number of hydrogen-bond donors (Lipinski definition) is 0. The molecule has 111 valence electrons. The summed E-state index contributed by atoms with van der Waals surface area (Å²) in [5.41, 5.74) is 0. The van der Waals surface area contributed by atoms with Crippen LogP contribution in [0.15, 0.2) is 0 Å². The predicted octanol–water partition coefficient (Wildman–Crippen LogP) is -8.96. The molecule has 0 atom stereocenters. The van der Waals surface area contributed by atoms with Crippen LogP contribution in [0.1, 0.15) is 0 Å². The smallest absolute Gasteiger partial charge is 0.822 e. The van der Waals surface area contributed by atoms with Crippen molar-refractivity contribution in [1.82, 2.24) is 0 Å². The molecule has 8 N–H and O–H groups in total. The Hall–Kier alpha value is 1.62. The molecule has 0 fully saturated rings. The molecule has 0 unspecified atom stereocenters. The summed E-state index contributed by atoms with van der Waals surface area (Å²) in [7, 11) is -10.8. The van der Waals surface area contributed by atoms with Gasteiger partial charge in [0.1, 0.15) is 0 Å². The quantitative estimate of drug-likeness (QED) is 0.263. The van der Waals surface area contributed by atoms with Gasteiger partial charge in [-0.2, -0.15) is 15.6 Å². The van der Waals surface area contributed by atoms with Crippen LogP contribution in [0.2, 0.25) is 0 Å². The Morgan fingerprint density at radius 2 is 0.471 bits per heavy atom. The van der Waals surface area contributed by atoms with Crippen LogP contribution in [0.4, 0.5) is 0 Å². The minimum absolute atomic E-state index is 0. The first kappa shape index (κ1) is 62.5. The van der Waals surface area contributed by atoms with Crippen LogP contribution < -0.4 is 29.4 Å².